The van der Waals surface area contributed by atoms with Crippen molar-refractivity contribution >= 4 is 12.2 Å². The minimum atomic E-state index is -0.125. The number of hydrogen-bond donors (Lipinski definition) is 2. The van der Waals surface area contributed by atoms with Crippen molar-refractivity contribution in [3.05, 3.63) is 60.2 Å². The van der Waals surface area contributed by atoms with Gasteiger partial charge in [0.05, 0.1) is 13.2 Å². The highest BCUT2D eigenvalue weighted by Crippen LogP contribution is 2.05. The molecule has 2 heterocycles. The Balaban J connectivity index is 0.000000357. The molecule has 2 aromatic heterocycles. The molecule has 0 saturated heterocycles. The van der Waals surface area contributed by atoms with Gasteiger partial charge in [-0.3, -0.25) is 9.97 Å². The molecule has 0 unspecified atom stereocenters. The van der Waals surface area contributed by atoms with Crippen LogP contribution >= 0.6 is 0 Å². The minimum absolute atomic E-state index is 0.125. The van der Waals surface area contributed by atoms with Gasteiger partial charge >= 0.3 is 0 Å². The van der Waals surface area contributed by atoms with Crippen molar-refractivity contribution in [2.45, 2.75) is 0 Å². The van der Waals surface area contributed by atoms with E-state index in [0.29, 0.717) is 0 Å². The quantitative estimate of drug-likeness (QED) is 0.861. The third kappa shape index (κ3) is 5.89. The molecule has 94 valence electrons. The summed E-state index contributed by atoms with van der Waals surface area (Å²) >= 11 is 0. The number of nitrogens with zero attached hydrogens (tertiary/aromatic N) is 2. The van der Waals surface area contributed by atoms with E-state index >= 15 is 0 Å². The normalized spacial score (nSPS) is 9.89. The second kappa shape index (κ2) is 9.04. The van der Waals surface area contributed by atoms with E-state index in [1.54, 1.807) is 24.8 Å². The Hall–Kier alpha value is -2.04. The number of pyridine rings is 2. The molecule has 0 aromatic carbocycles. The van der Waals surface area contributed by atoms with Gasteiger partial charge in [-0.2, -0.15) is 0 Å². The first-order valence-electron chi connectivity index (χ1n) is 5.56. The molecule has 2 rings (SSSR count). The molecule has 0 radical (unpaired) electrons. The average molecular weight is 244 g/mol. The molecule has 0 spiro atoms. The standard InChI is InChI=1S/C12H10N2.C2H6O2/c1(11-3-7-13-8-4-11)2-12-5-9-14-10-6-12;3-1-2-4/h1-10H;3-4H,1-2H2/b2-1+;. The highest BCUT2D eigenvalue weighted by molar-refractivity contribution is 5.68. The van der Waals surface area contributed by atoms with Crippen LogP contribution in [0.5, 0.6) is 0 Å². The maximum absolute atomic E-state index is 7.62. The SMILES string of the molecule is C(=C\c1ccncc1)/c1ccncc1.OCCO. The highest BCUT2D eigenvalue weighted by Gasteiger charge is 1.85. The van der Waals surface area contributed by atoms with E-state index in [-0.39, 0.29) is 13.2 Å². The summed E-state index contributed by atoms with van der Waals surface area (Å²) < 4.78 is 0. The van der Waals surface area contributed by atoms with E-state index in [1.807, 2.05) is 24.3 Å². The van der Waals surface area contributed by atoms with Crippen LogP contribution in [0.3, 0.4) is 0 Å². The van der Waals surface area contributed by atoms with Crippen LogP contribution in [0.15, 0.2) is 49.1 Å². The second-order valence-corrected chi connectivity index (χ2v) is 3.34. The monoisotopic (exact) mass is 244 g/mol. The molecule has 0 fully saturated rings. The van der Waals surface area contributed by atoms with E-state index in [1.165, 1.54) is 0 Å². The predicted octanol–water partition coefficient (Wildman–Crippen LogP) is 1.62. The predicted molar refractivity (Wildman–Crippen MR) is 71.6 cm³/mol. The molecule has 4 nitrogen and oxygen atoms in total. The molecule has 2 aromatic rings. The number of aliphatic hydroxyl groups excluding tert-OH is 2. The van der Waals surface area contributed by atoms with Crippen LogP contribution in [0.1, 0.15) is 11.1 Å². The first kappa shape index (κ1) is 14.0. The molecule has 0 bridgehead atoms. The Bertz CT molecular complexity index is 400. The number of hydrogen-bond acceptors (Lipinski definition) is 4. The zero-order chi connectivity index (χ0) is 13.1. The summed E-state index contributed by atoms with van der Waals surface area (Å²) in [5, 5.41) is 15.2. The van der Waals surface area contributed by atoms with Crippen molar-refractivity contribution < 1.29 is 10.2 Å². The third-order valence-corrected chi connectivity index (χ3v) is 1.98. The van der Waals surface area contributed by atoms with Crippen LogP contribution in [-0.4, -0.2) is 33.4 Å². The second-order valence-electron chi connectivity index (χ2n) is 3.34. The first-order valence-corrected chi connectivity index (χ1v) is 5.56. The van der Waals surface area contributed by atoms with Gasteiger partial charge in [0, 0.05) is 24.8 Å². The van der Waals surface area contributed by atoms with Crippen LogP contribution < -0.4 is 0 Å². The summed E-state index contributed by atoms with van der Waals surface area (Å²) in [5.41, 5.74) is 2.30. The lowest BCUT2D eigenvalue weighted by Gasteiger charge is -1.92. The van der Waals surface area contributed by atoms with Crippen molar-refractivity contribution in [3.63, 3.8) is 0 Å². The smallest absolute Gasteiger partial charge is 0.0662 e. The summed E-state index contributed by atoms with van der Waals surface area (Å²) in [4.78, 5) is 7.91. The molecule has 0 aliphatic carbocycles. The fourth-order valence-corrected chi connectivity index (χ4v) is 1.14. The lowest BCUT2D eigenvalue weighted by atomic mass is 10.2. The molecule has 2 N–H and O–H groups in total. The fourth-order valence-electron chi connectivity index (χ4n) is 1.14. The summed E-state index contributed by atoms with van der Waals surface area (Å²) in [6.45, 7) is -0.250. The Labute approximate surface area is 106 Å². The number of rotatable bonds is 3. The van der Waals surface area contributed by atoms with Crippen molar-refractivity contribution in [2.75, 3.05) is 13.2 Å². The van der Waals surface area contributed by atoms with Gasteiger partial charge < -0.3 is 10.2 Å². The van der Waals surface area contributed by atoms with Crippen LogP contribution in [0.4, 0.5) is 0 Å². The Morgan fingerprint density at radius 1 is 0.722 bits per heavy atom. The van der Waals surface area contributed by atoms with Gasteiger partial charge in [0.1, 0.15) is 0 Å². The van der Waals surface area contributed by atoms with Gasteiger partial charge in [0.15, 0.2) is 0 Å². The van der Waals surface area contributed by atoms with Gasteiger partial charge in [-0.25, -0.2) is 0 Å². The topological polar surface area (TPSA) is 66.2 Å². The fraction of sp³-hybridized carbons (Fsp3) is 0.143. The maximum Gasteiger partial charge on any atom is 0.0662 e. The number of aromatic nitrogens is 2. The molecule has 4 heteroatoms. The summed E-state index contributed by atoms with van der Waals surface area (Å²) in [7, 11) is 0. The molecule has 0 aliphatic heterocycles. The van der Waals surface area contributed by atoms with Gasteiger partial charge in [-0.1, -0.05) is 12.2 Å². The third-order valence-electron chi connectivity index (χ3n) is 1.98. The lowest BCUT2D eigenvalue weighted by Crippen LogP contribution is -1.85. The molecular weight excluding hydrogens is 228 g/mol. The van der Waals surface area contributed by atoms with E-state index in [9.17, 15) is 0 Å². The molecule has 0 amide bonds. The van der Waals surface area contributed by atoms with Crippen LogP contribution in [0, 0.1) is 0 Å². The average Bonchev–Trinajstić information content (AvgIpc) is 2.47. The lowest BCUT2D eigenvalue weighted by molar-refractivity contribution is 0.186. The van der Waals surface area contributed by atoms with Crippen molar-refractivity contribution in [2.24, 2.45) is 0 Å². The molecular formula is C14H16N2O2. The molecule has 0 saturated carbocycles. The summed E-state index contributed by atoms with van der Waals surface area (Å²) in [5.74, 6) is 0. The zero-order valence-corrected chi connectivity index (χ0v) is 9.98. The maximum atomic E-state index is 7.62. The molecule has 18 heavy (non-hydrogen) atoms. The summed E-state index contributed by atoms with van der Waals surface area (Å²) in [6.07, 6.45) is 11.2. The first-order chi connectivity index (χ1) is 8.86. The van der Waals surface area contributed by atoms with Gasteiger partial charge in [-0.15, -0.1) is 0 Å². The van der Waals surface area contributed by atoms with Crippen molar-refractivity contribution in [3.8, 4) is 0 Å². The van der Waals surface area contributed by atoms with E-state index in [4.69, 9.17) is 10.2 Å². The van der Waals surface area contributed by atoms with Crippen molar-refractivity contribution in [1.29, 1.82) is 0 Å². The van der Waals surface area contributed by atoms with Gasteiger partial charge in [0.2, 0.25) is 0 Å². The van der Waals surface area contributed by atoms with Crippen molar-refractivity contribution in [1.82, 2.24) is 9.97 Å². The van der Waals surface area contributed by atoms with E-state index in [2.05, 4.69) is 22.1 Å². The Morgan fingerprint density at radius 3 is 1.33 bits per heavy atom. The molecule has 0 aliphatic rings. The van der Waals surface area contributed by atoms with Crippen LogP contribution in [0.25, 0.3) is 12.2 Å². The van der Waals surface area contributed by atoms with E-state index in [0.717, 1.165) is 11.1 Å². The number of aliphatic hydroxyl groups is 2. The Morgan fingerprint density at radius 2 is 1.06 bits per heavy atom. The minimum Gasteiger partial charge on any atom is -0.394 e. The largest absolute Gasteiger partial charge is 0.394 e. The zero-order valence-electron chi connectivity index (χ0n) is 9.98. The van der Waals surface area contributed by atoms with Crippen LogP contribution in [-0.2, 0) is 0 Å². The van der Waals surface area contributed by atoms with Gasteiger partial charge in [0.25, 0.3) is 0 Å². The van der Waals surface area contributed by atoms with Gasteiger partial charge in [-0.05, 0) is 35.4 Å². The van der Waals surface area contributed by atoms with E-state index < -0.39 is 0 Å². The Kier molecular flexibility index (Phi) is 7.04. The molecule has 0 atom stereocenters. The van der Waals surface area contributed by atoms with Crippen LogP contribution in [0.2, 0.25) is 0 Å². The highest BCUT2D eigenvalue weighted by atomic mass is 16.3. The summed E-state index contributed by atoms with van der Waals surface area (Å²) in [6, 6.07) is 7.88.